The lowest BCUT2D eigenvalue weighted by atomic mass is 10.1. The summed E-state index contributed by atoms with van der Waals surface area (Å²) >= 11 is 2.18. The van der Waals surface area contributed by atoms with Gasteiger partial charge in [-0.05, 0) is 78.5 Å². The molecule has 0 radical (unpaired) electrons. The maximum absolute atomic E-state index is 12.4. The molecule has 0 bridgehead atoms. The maximum atomic E-state index is 12.4. The topological polar surface area (TPSA) is 75.3 Å². The fraction of sp³-hybridized carbons (Fsp3) is 0.133. The standard InChI is InChI=1S/C15H15IN2O3S/c1-10-3-8-13(22(20,21)17-2)9-14(10)15(19)18-12-6-4-11(16)5-7-12/h3-9,17H,1-2H3,(H,18,19). The van der Waals surface area contributed by atoms with E-state index in [2.05, 4.69) is 32.6 Å². The molecule has 0 aromatic heterocycles. The van der Waals surface area contributed by atoms with E-state index in [1.54, 1.807) is 25.1 Å². The minimum absolute atomic E-state index is 0.0633. The Labute approximate surface area is 143 Å². The third-order valence-electron chi connectivity index (χ3n) is 3.13. The van der Waals surface area contributed by atoms with Crippen LogP contribution in [0.1, 0.15) is 15.9 Å². The van der Waals surface area contributed by atoms with Crippen LogP contribution in [0.25, 0.3) is 0 Å². The normalized spacial score (nSPS) is 11.2. The van der Waals surface area contributed by atoms with Gasteiger partial charge in [0.25, 0.3) is 5.91 Å². The fourth-order valence-electron chi connectivity index (χ4n) is 1.86. The molecule has 0 spiro atoms. The van der Waals surface area contributed by atoms with Gasteiger partial charge < -0.3 is 5.32 Å². The minimum Gasteiger partial charge on any atom is -0.322 e. The number of hydrogen-bond donors (Lipinski definition) is 2. The van der Waals surface area contributed by atoms with E-state index in [9.17, 15) is 13.2 Å². The number of sulfonamides is 1. The van der Waals surface area contributed by atoms with Gasteiger partial charge in [0.1, 0.15) is 0 Å². The van der Waals surface area contributed by atoms with Crippen LogP contribution in [0.15, 0.2) is 47.4 Å². The van der Waals surface area contributed by atoms with Crippen LogP contribution in [0.4, 0.5) is 5.69 Å². The average Bonchev–Trinajstić information content (AvgIpc) is 2.49. The van der Waals surface area contributed by atoms with Gasteiger partial charge in [-0.15, -0.1) is 0 Å². The SMILES string of the molecule is CNS(=O)(=O)c1ccc(C)c(C(=O)Nc2ccc(I)cc2)c1. The van der Waals surface area contributed by atoms with Crippen molar-refractivity contribution in [2.75, 3.05) is 12.4 Å². The van der Waals surface area contributed by atoms with E-state index in [4.69, 9.17) is 0 Å². The van der Waals surface area contributed by atoms with Gasteiger partial charge in [0.15, 0.2) is 0 Å². The zero-order valence-electron chi connectivity index (χ0n) is 12.1. The van der Waals surface area contributed by atoms with Crippen LogP contribution in [0.3, 0.4) is 0 Å². The lowest BCUT2D eigenvalue weighted by molar-refractivity contribution is 0.102. The number of halogens is 1. The number of rotatable bonds is 4. The summed E-state index contributed by atoms with van der Waals surface area (Å²) in [6.45, 7) is 1.76. The molecular weight excluding hydrogens is 415 g/mol. The van der Waals surface area contributed by atoms with Gasteiger partial charge in [-0.2, -0.15) is 0 Å². The Morgan fingerprint density at radius 3 is 2.32 bits per heavy atom. The molecule has 5 nitrogen and oxygen atoms in total. The molecule has 2 N–H and O–H groups in total. The first kappa shape index (κ1) is 16.9. The van der Waals surface area contributed by atoms with Crippen molar-refractivity contribution in [1.82, 2.24) is 4.72 Å². The monoisotopic (exact) mass is 430 g/mol. The van der Waals surface area contributed by atoms with Crippen LogP contribution in [0, 0.1) is 10.5 Å². The van der Waals surface area contributed by atoms with E-state index in [-0.39, 0.29) is 10.8 Å². The lowest BCUT2D eigenvalue weighted by Crippen LogP contribution is -2.20. The third kappa shape index (κ3) is 3.84. The van der Waals surface area contributed by atoms with Crippen LogP contribution in [-0.2, 0) is 10.0 Å². The second-order valence-electron chi connectivity index (χ2n) is 4.65. The molecule has 0 unspecified atom stereocenters. The Kier molecular flexibility index (Phi) is 5.20. The van der Waals surface area contributed by atoms with Crippen molar-refractivity contribution in [3.05, 3.63) is 57.2 Å². The molecule has 2 aromatic rings. The molecule has 22 heavy (non-hydrogen) atoms. The Hall–Kier alpha value is -1.45. The van der Waals surface area contributed by atoms with Crippen molar-refractivity contribution < 1.29 is 13.2 Å². The van der Waals surface area contributed by atoms with Crippen LogP contribution >= 0.6 is 22.6 Å². The summed E-state index contributed by atoms with van der Waals surface area (Å²) in [7, 11) is -2.25. The second-order valence-corrected chi connectivity index (χ2v) is 7.78. The molecular formula is C15H15IN2O3S. The molecule has 0 saturated heterocycles. The summed E-state index contributed by atoms with van der Waals surface area (Å²) in [5, 5.41) is 2.77. The molecule has 2 aromatic carbocycles. The van der Waals surface area contributed by atoms with Gasteiger partial charge in [-0.25, -0.2) is 13.1 Å². The highest BCUT2D eigenvalue weighted by molar-refractivity contribution is 14.1. The Balaban J connectivity index is 2.33. The molecule has 2 rings (SSSR count). The highest BCUT2D eigenvalue weighted by Crippen LogP contribution is 2.18. The van der Waals surface area contributed by atoms with Crippen molar-refractivity contribution in [3.8, 4) is 0 Å². The molecule has 7 heteroatoms. The van der Waals surface area contributed by atoms with Gasteiger partial charge in [0.2, 0.25) is 10.0 Å². The van der Waals surface area contributed by atoms with E-state index >= 15 is 0 Å². The van der Waals surface area contributed by atoms with E-state index in [1.807, 2.05) is 12.1 Å². The maximum Gasteiger partial charge on any atom is 0.255 e. The van der Waals surface area contributed by atoms with Gasteiger partial charge in [0.05, 0.1) is 4.90 Å². The Bertz CT molecular complexity index is 802. The summed E-state index contributed by atoms with van der Waals surface area (Å²) in [5.41, 5.74) is 1.69. The lowest BCUT2D eigenvalue weighted by Gasteiger charge is -2.10. The number of carbonyl (C=O) groups is 1. The number of nitrogens with one attached hydrogen (secondary N) is 2. The summed E-state index contributed by atoms with van der Waals surface area (Å²) in [5.74, 6) is -0.341. The van der Waals surface area contributed by atoms with Crippen LogP contribution in [0.5, 0.6) is 0 Å². The first-order valence-corrected chi connectivity index (χ1v) is 9.01. The highest BCUT2D eigenvalue weighted by atomic mass is 127. The number of carbonyl (C=O) groups excluding carboxylic acids is 1. The van der Waals surface area contributed by atoms with Crippen molar-refractivity contribution >= 4 is 44.2 Å². The van der Waals surface area contributed by atoms with Crippen molar-refractivity contribution in [2.24, 2.45) is 0 Å². The number of benzene rings is 2. The molecule has 0 aliphatic rings. The predicted molar refractivity (Wildman–Crippen MR) is 94.5 cm³/mol. The predicted octanol–water partition coefficient (Wildman–Crippen LogP) is 2.76. The van der Waals surface area contributed by atoms with Crippen molar-refractivity contribution in [2.45, 2.75) is 11.8 Å². The quantitative estimate of drug-likeness (QED) is 0.733. The molecule has 0 aliphatic carbocycles. The number of hydrogen-bond acceptors (Lipinski definition) is 3. The van der Waals surface area contributed by atoms with E-state index in [0.29, 0.717) is 16.8 Å². The van der Waals surface area contributed by atoms with Crippen LogP contribution in [-0.4, -0.2) is 21.4 Å². The molecule has 0 fully saturated rings. The van der Waals surface area contributed by atoms with Gasteiger partial charge in [-0.1, -0.05) is 6.07 Å². The third-order valence-corrected chi connectivity index (χ3v) is 5.27. The Morgan fingerprint density at radius 1 is 1.09 bits per heavy atom. The molecule has 0 atom stereocenters. The summed E-state index contributed by atoms with van der Waals surface area (Å²) in [6.07, 6.45) is 0. The number of aryl methyl sites for hydroxylation is 1. The zero-order chi connectivity index (χ0) is 16.3. The smallest absolute Gasteiger partial charge is 0.255 e. The van der Waals surface area contributed by atoms with Crippen LogP contribution in [0.2, 0.25) is 0 Å². The molecule has 0 heterocycles. The fourth-order valence-corrected chi connectivity index (χ4v) is 2.98. The Morgan fingerprint density at radius 2 is 1.73 bits per heavy atom. The highest BCUT2D eigenvalue weighted by Gasteiger charge is 2.16. The van der Waals surface area contributed by atoms with Gasteiger partial charge in [-0.3, -0.25) is 4.79 Å². The summed E-state index contributed by atoms with van der Waals surface area (Å²) in [4.78, 5) is 12.4. The zero-order valence-corrected chi connectivity index (χ0v) is 15.0. The van der Waals surface area contributed by atoms with E-state index in [0.717, 1.165) is 3.57 Å². The molecule has 0 saturated carbocycles. The molecule has 1 amide bonds. The van der Waals surface area contributed by atoms with Crippen molar-refractivity contribution in [1.29, 1.82) is 0 Å². The summed E-state index contributed by atoms with van der Waals surface area (Å²) < 4.78 is 27.0. The van der Waals surface area contributed by atoms with Crippen LogP contribution < -0.4 is 10.0 Å². The van der Waals surface area contributed by atoms with Crippen molar-refractivity contribution in [3.63, 3.8) is 0 Å². The number of anilines is 1. The minimum atomic E-state index is -3.58. The molecule has 116 valence electrons. The van der Waals surface area contributed by atoms with Gasteiger partial charge >= 0.3 is 0 Å². The first-order chi connectivity index (χ1) is 10.3. The largest absolute Gasteiger partial charge is 0.322 e. The molecule has 0 aliphatic heterocycles. The second kappa shape index (κ2) is 6.76. The van der Waals surface area contributed by atoms with E-state index < -0.39 is 10.0 Å². The first-order valence-electron chi connectivity index (χ1n) is 6.44. The van der Waals surface area contributed by atoms with E-state index in [1.165, 1.54) is 19.2 Å². The average molecular weight is 430 g/mol. The van der Waals surface area contributed by atoms with Gasteiger partial charge in [0, 0.05) is 14.8 Å². The number of amides is 1. The summed E-state index contributed by atoms with van der Waals surface area (Å²) in [6, 6.07) is 11.8.